The number of carbonyl (C=O) groups excluding carboxylic acids is 1. The largest absolute Gasteiger partial charge is 0.378 e. The van der Waals surface area contributed by atoms with E-state index in [-0.39, 0.29) is 11.3 Å². The first-order chi connectivity index (χ1) is 13.3. The smallest absolute Gasteiger partial charge is 0.242 e. The van der Waals surface area contributed by atoms with E-state index in [1.807, 2.05) is 40.1 Å². The molecule has 0 N–H and O–H groups in total. The van der Waals surface area contributed by atoms with E-state index >= 15 is 0 Å². The fraction of sp³-hybridized carbons (Fsp3) is 0.476. The average molecular weight is 403 g/mol. The summed E-state index contributed by atoms with van der Waals surface area (Å²) in [6.07, 6.45) is 0. The summed E-state index contributed by atoms with van der Waals surface area (Å²) in [7, 11) is 1.65. The third kappa shape index (κ3) is 5.00. The zero-order valence-corrected chi connectivity index (χ0v) is 17.7. The highest BCUT2D eigenvalue weighted by molar-refractivity contribution is 6.30. The van der Waals surface area contributed by atoms with E-state index in [0.717, 1.165) is 29.4 Å². The number of hydrogen-bond donors (Lipinski definition) is 0. The molecule has 0 saturated carbocycles. The van der Waals surface area contributed by atoms with Crippen molar-refractivity contribution in [3.8, 4) is 0 Å². The maximum Gasteiger partial charge on any atom is 0.242 e. The van der Waals surface area contributed by atoms with Gasteiger partial charge in [0.05, 0.1) is 18.8 Å². The maximum absolute atomic E-state index is 12.7. The zero-order valence-electron chi connectivity index (χ0n) is 16.9. The number of piperazine rings is 1. The van der Waals surface area contributed by atoms with E-state index in [9.17, 15) is 4.79 Å². The minimum absolute atomic E-state index is 0.0883. The van der Waals surface area contributed by atoms with Gasteiger partial charge in [0, 0.05) is 43.2 Å². The number of amides is 1. The number of rotatable bonds is 5. The SMILES string of the molecule is COCc1cc(N2CCN(Cc3ccc(Cl)cc3)C(=O)C2)nc(C(C)(C)C)n1. The molecule has 2 heterocycles. The predicted octanol–water partition coefficient (Wildman–Crippen LogP) is 3.42. The monoisotopic (exact) mass is 402 g/mol. The van der Waals surface area contributed by atoms with Gasteiger partial charge < -0.3 is 14.5 Å². The van der Waals surface area contributed by atoms with Gasteiger partial charge >= 0.3 is 0 Å². The Kier molecular flexibility index (Phi) is 6.20. The molecule has 150 valence electrons. The Bertz CT molecular complexity index is 833. The predicted molar refractivity (Wildman–Crippen MR) is 111 cm³/mol. The van der Waals surface area contributed by atoms with Crippen molar-refractivity contribution < 1.29 is 9.53 Å². The molecule has 0 bridgehead atoms. The summed E-state index contributed by atoms with van der Waals surface area (Å²) in [5.41, 5.74) is 1.72. The minimum Gasteiger partial charge on any atom is -0.378 e. The van der Waals surface area contributed by atoms with Crippen molar-refractivity contribution in [3.63, 3.8) is 0 Å². The number of halogens is 1. The minimum atomic E-state index is -0.182. The first-order valence-corrected chi connectivity index (χ1v) is 9.78. The molecular weight excluding hydrogens is 376 g/mol. The van der Waals surface area contributed by atoms with Crippen LogP contribution in [0.25, 0.3) is 0 Å². The Morgan fingerprint density at radius 2 is 1.86 bits per heavy atom. The lowest BCUT2D eigenvalue weighted by molar-refractivity contribution is -0.131. The molecule has 1 aliphatic rings. The third-order valence-electron chi connectivity index (χ3n) is 4.66. The van der Waals surface area contributed by atoms with Crippen LogP contribution in [0.4, 0.5) is 5.82 Å². The molecule has 1 aromatic heterocycles. The lowest BCUT2D eigenvalue weighted by Crippen LogP contribution is -2.50. The second-order valence-corrected chi connectivity index (χ2v) is 8.52. The number of carbonyl (C=O) groups is 1. The molecule has 6 nitrogen and oxygen atoms in total. The van der Waals surface area contributed by atoms with E-state index in [1.54, 1.807) is 7.11 Å². The molecule has 2 aromatic rings. The molecule has 28 heavy (non-hydrogen) atoms. The van der Waals surface area contributed by atoms with E-state index < -0.39 is 0 Å². The molecule has 0 radical (unpaired) electrons. The number of methoxy groups -OCH3 is 1. The van der Waals surface area contributed by atoms with E-state index in [4.69, 9.17) is 21.3 Å². The number of benzene rings is 1. The second-order valence-electron chi connectivity index (χ2n) is 8.09. The lowest BCUT2D eigenvalue weighted by atomic mass is 9.95. The van der Waals surface area contributed by atoms with Crippen LogP contribution in [0.5, 0.6) is 0 Å². The van der Waals surface area contributed by atoms with Gasteiger partial charge in [-0.1, -0.05) is 44.5 Å². The number of hydrogen-bond acceptors (Lipinski definition) is 5. The van der Waals surface area contributed by atoms with Crippen LogP contribution >= 0.6 is 11.6 Å². The van der Waals surface area contributed by atoms with Crippen LogP contribution in [-0.4, -0.2) is 47.5 Å². The van der Waals surface area contributed by atoms with Crippen molar-refractivity contribution in [2.45, 2.75) is 39.3 Å². The summed E-state index contributed by atoms with van der Waals surface area (Å²) in [4.78, 5) is 26.0. The molecular formula is C21H27ClN4O2. The summed E-state index contributed by atoms with van der Waals surface area (Å²) in [6.45, 7) is 8.94. The molecule has 0 atom stereocenters. The molecule has 1 aliphatic heterocycles. The zero-order chi connectivity index (χ0) is 20.3. The average Bonchev–Trinajstić information content (AvgIpc) is 2.64. The quantitative estimate of drug-likeness (QED) is 0.766. The van der Waals surface area contributed by atoms with Gasteiger partial charge in [0.25, 0.3) is 0 Å². The highest BCUT2D eigenvalue weighted by Crippen LogP contribution is 2.24. The Hall–Kier alpha value is -2.18. The first-order valence-electron chi connectivity index (χ1n) is 9.41. The Morgan fingerprint density at radius 3 is 2.46 bits per heavy atom. The molecule has 3 rings (SSSR count). The molecule has 7 heteroatoms. The van der Waals surface area contributed by atoms with Crippen molar-refractivity contribution >= 4 is 23.3 Å². The van der Waals surface area contributed by atoms with Gasteiger partial charge in [-0.05, 0) is 17.7 Å². The topological polar surface area (TPSA) is 58.6 Å². The summed E-state index contributed by atoms with van der Waals surface area (Å²) in [5, 5.41) is 0.699. The molecule has 1 saturated heterocycles. The molecule has 0 aliphatic carbocycles. The third-order valence-corrected chi connectivity index (χ3v) is 4.91. The van der Waals surface area contributed by atoms with Gasteiger partial charge in [-0.15, -0.1) is 0 Å². The Balaban J connectivity index is 1.74. The first kappa shape index (κ1) is 20.6. The van der Waals surface area contributed by atoms with Gasteiger partial charge in [-0.2, -0.15) is 0 Å². The fourth-order valence-electron chi connectivity index (χ4n) is 3.08. The lowest BCUT2D eigenvalue weighted by Gasteiger charge is -2.35. The molecule has 0 unspecified atom stereocenters. The number of nitrogens with zero attached hydrogens (tertiary/aromatic N) is 4. The molecule has 1 aromatic carbocycles. The Labute approximate surface area is 171 Å². The van der Waals surface area contributed by atoms with E-state index in [2.05, 4.69) is 25.8 Å². The van der Waals surface area contributed by atoms with Crippen LogP contribution in [0, 0.1) is 0 Å². The number of aromatic nitrogens is 2. The normalized spacial score (nSPS) is 15.2. The standard InChI is InChI=1S/C21H27ClN4O2/c1-21(2,3)20-23-17(14-28-4)11-18(24-20)25-9-10-26(19(27)13-25)12-15-5-7-16(22)8-6-15/h5-8,11H,9-10,12-14H2,1-4H3. The molecule has 1 fully saturated rings. The van der Waals surface area contributed by atoms with Gasteiger partial charge in [0.2, 0.25) is 5.91 Å². The number of ether oxygens (including phenoxy) is 1. The van der Waals surface area contributed by atoms with Crippen LogP contribution in [0.3, 0.4) is 0 Å². The number of anilines is 1. The van der Waals surface area contributed by atoms with Crippen LogP contribution in [0.1, 0.15) is 37.9 Å². The van der Waals surface area contributed by atoms with Crippen molar-refractivity contribution in [2.75, 3.05) is 31.6 Å². The fourth-order valence-corrected chi connectivity index (χ4v) is 3.21. The van der Waals surface area contributed by atoms with Crippen molar-refractivity contribution in [3.05, 3.63) is 52.4 Å². The van der Waals surface area contributed by atoms with Crippen LogP contribution < -0.4 is 4.90 Å². The van der Waals surface area contributed by atoms with E-state index in [1.165, 1.54) is 0 Å². The summed E-state index contributed by atoms with van der Waals surface area (Å²) in [5.74, 6) is 1.63. The van der Waals surface area contributed by atoms with Gasteiger partial charge in [0.1, 0.15) is 11.6 Å². The van der Waals surface area contributed by atoms with Gasteiger partial charge in [-0.25, -0.2) is 9.97 Å². The van der Waals surface area contributed by atoms with E-state index in [0.29, 0.717) is 31.3 Å². The van der Waals surface area contributed by atoms with Crippen LogP contribution in [-0.2, 0) is 28.1 Å². The molecule has 0 spiro atoms. The Morgan fingerprint density at radius 1 is 1.14 bits per heavy atom. The van der Waals surface area contributed by atoms with Crippen LogP contribution in [0.2, 0.25) is 5.02 Å². The van der Waals surface area contributed by atoms with Crippen LogP contribution in [0.15, 0.2) is 30.3 Å². The summed E-state index contributed by atoms with van der Waals surface area (Å²) < 4.78 is 5.26. The van der Waals surface area contributed by atoms with Crippen molar-refractivity contribution in [2.24, 2.45) is 0 Å². The van der Waals surface area contributed by atoms with Gasteiger partial charge in [0.15, 0.2) is 0 Å². The molecule has 1 amide bonds. The maximum atomic E-state index is 12.7. The summed E-state index contributed by atoms with van der Waals surface area (Å²) in [6, 6.07) is 9.53. The van der Waals surface area contributed by atoms with Crippen molar-refractivity contribution in [1.82, 2.24) is 14.9 Å². The highest BCUT2D eigenvalue weighted by atomic mass is 35.5. The highest BCUT2D eigenvalue weighted by Gasteiger charge is 2.27. The van der Waals surface area contributed by atoms with Gasteiger partial charge in [-0.3, -0.25) is 4.79 Å². The second kappa shape index (κ2) is 8.45. The van der Waals surface area contributed by atoms with Crippen molar-refractivity contribution in [1.29, 1.82) is 0 Å². The summed E-state index contributed by atoms with van der Waals surface area (Å²) >= 11 is 5.94.